The number of nitrogens with zero attached hydrogens (tertiary/aromatic N) is 3. The summed E-state index contributed by atoms with van der Waals surface area (Å²) in [6.07, 6.45) is 2.63. The minimum Gasteiger partial charge on any atom is -0.494 e. The number of ether oxygens (including phenoxy) is 1. The summed E-state index contributed by atoms with van der Waals surface area (Å²) >= 11 is 0. The summed E-state index contributed by atoms with van der Waals surface area (Å²) in [4.78, 5) is 12.5. The number of hydrogen-bond donors (Lipinski definition) is 1. The van der Waals surface area contributed by atoms with Crippen molar-refractivity contribution in [3.8, 4) is 11.4 Å². The topological polar surface area (TPSA) is 93.0 Å². The molecule has 0 bridgehead atoms. The van der Waals surface area contributed by atoms with Crippen LogP contribution in [0.15, 0.2) is 53.6 Å². The zero-order valence-corrected chi connectivity index (χ0v) is 21.8. The fraction of sp³-hybridized carbons (Fsp3) is 0.308. The number of carbonyl (C=O) groups is 1. The Labute approximate surface area is 207 Å². The molecular weight excluding hydrogens is 464 g/mol. The second-order valence-corrected chi connectivity index (χ2v) is 10.4. The number of hydrazone groups is 1. The molecule has 0 saturated heterocycles. The standard InChI is InChI=1S/C26H32N4O4S/c1-7-34-25-10-8-23(9-11-25)29(35(6,32)33)17-26(31)28-27-16-22-15-20(4)30(21(22)5)24-13-18(2)12-19(3)14-24/h8-16H,7,17H2,1-6H3,(H,28,31)/b27-16-. The maximum Gasteiger partial charge on any atom is 0.260 e. The SMILES string of the molecule is CCOc1ccc(N(CC(=O)N/N=C\c2cc(C)n(-c3cc(C)cc(C)c3)c2C)S(C)(=O)=O)cc1. The number of rotatable bonds is 9. The molecule has 186 valence electrons. The molecule has 0 aliphatic heterocycles. The van der Waals surface area contributed by atoms with E-state index in [1.54, 1.807) is 30.5 Å². The van der Waals surface area contributed by atoms with Crippen LogP contribution in [-0.4, -0.2) is 44.5 Å². The maximum absolute atomic E-state index is 12.5. The lowest BCUT2D eigenvalue weighted by atomic mass is 10.1. The zero-order chi connectivity index (χ0) is 25.8. The first-order valence-corrected chi connectivity index (χ1v) is 13.1. The Morgan fingerprint density at radius 3 is 2.26 bits per heavy atom. The van der Waals surface area contributed by atoms with Gasteiger partial charge in [0, 0.05) is 22.6 Å². The zero-order valence-electron chi connectivity index (χ0n) is 21.0. The molecule has 2 aromatic carbocycles. The van der Waals surface area contributed by atoms with Crippen molar-refractivity contribution in [3.63, 3.8) is 0 Å². The summed E-state index contributed by atoms with van der Waals surface area (Å²) in [6, 6.07) is 14.9. The molecule has 0 spiro atoms. The van der Waals surface area contributed by atoms with Crippen LogP contribution in [0.4, 0.5) is 5.69 Å². The van der Waals surface area contributed by atoms with Crippen molar-refractivity contribution >= 4 is 27.8 Å². The largest absolute Gasteiger partial charge is 0.494 e. The molecule has 0 atom stereocenters. The van der Waals surface area contributed by atoms with E-state index < -0.39 is 22.5 Å². The Balaban J connectivity index is 1.73. The van der Waals surface area contributed by atoms with Gasteiger partial charge in [-0.3, -0.25) is 9.10 Å². The lowest BCUT2D eigenvalue weighted by Crippen LogP contribution is -2.39. The Kier molecular flexibility index (Phi) is 8.01. The highest BCUT2D eigenvalue weighted by Gasteiger charge is 2.21. The predicted molar refractivity (Wildman–Crippen MR) is 140 cm³/mol. The normalized spacial score (nSPS) is 11.6. The average Bonchev–Trinajstić information content (AvgIpc) is 3.04. The Bertz CT molecular complexity index is 1320. The lowest BCUT2D eigenvalue weighted by molar-refractivity contribution is -0.119. The number of sulfonamides is 1. The molecule has 35 heavy (non-hydrogen) atoms. The highest BCUT2D eigenvalue weighted by molar-refractivity contribution is 7.92. The summed E-state index contributed by atoms with van der Waals surface area (Å²) in [7, 11) is -3.69. The molecule has 0 radical (unpaired) electrons. The third-order valence-electron chi connectivity index (χ3n) is 5.45. The summed E-state index contributed by atoms with van der Waals surface area (Å²) in [5.74, 6) is 0.0702. The van der Waals surface area contributed by atoms with Crippen LogP contribution in [0.2, 0.25) is 0 Å². The smallest absolute Gasteiger partial charge is 0.260 e. The quantitative estimate of drug-likeness (QED) is 0.358. The molecule has 9 heteroatoms. The average molecular weight is 497 g/mol. The van der Waals surface area contributed by atoms with Gasteiger partial charge >= 0.3 is 0 Å². The van der Waals surface area contributed by atoms with Crippen LogP contribution < -0.4 is 14.5 Å². The van der Waals surface area contributed by atoms with Gasteiger partial charge < -0.3 is 9.30 Å². The van der Waals surface area contributed by atoms with E-state index in [0.29, 0.717) is 18.0 Å². The van der Waals surface area contributed by atoms with E-state index in [0.717, 1.165) is 33.2 Å². The molecule has 0 saturated carbocycles. The third-order valence-corrected chi connectivity index (χ3v) is 6.59. The van der Waals surface area contributed by atoms with Crippen molar-refractivity contribution in [1.29, 1.82) is 0 Å². The monoisotopic (exact) mass is 496 g/mol. The van der Waals surface area contributed by atoms with E-state index in [1.807, 2.05) is 26.8 Å². The minimum atomic E-state index is -3.69. The summed E-state index contributed by atoms with van der Waals surface area (Å²) < 4.78 is 33.2. The first-order chi connectivity index (χ1) is 16.5. The molecule has 3 rings (SSSR count). The molecule has 0 fully saturated rings. The van der Waals surface area contributed by atoms with Gasteiger partial charge in [0.15, 0.2) is 0 Å². The van der Waals surface area contributed by atoms with Gasteiger partial charge in [0.25, 0.3) is 5.91 Å². The van der Waals surface area contributed by atoms with Gasteiger partial charge in [-0.1, -0.05) is 6.07 Å². The number of anilines is 1. The van der Waals surface area contributed by atoms with Crippen molar-refractivity contribution in [2.75, 3.05) is 23.7 Å². The maximum atomic E-state index is 12.5. The number of carbonyl (C=O) groups excluding carboxylic acids is 1. The second-order valence-electron chi connectivity index (χ2n) is 8.50. The van der Waals surface area contributed by atoms with Crippen LogP contribution >= 0.6 is 0 Å². The van der Waals surface area contributed by atoms with E-state index in [-0.39, 0.29) is 0 Å². The molecule has 0 aliphatic rings. The van der Waals surface area contributed by atoms with Gasteiger partial charge in [0.05, 0.1) is 24.8 Å². The number of hydrogen-bond acceptors (Lipinski definition) is 5. The van der Waals surface area contributed by atoms with Crippen molar-refractivity contribution in [2.24, 2.45) is 5.10 Å². The van der Waals surface area contributed by atoms with Gasteiger partial charge in [-0.15, -0.1) is 0 Å². The van der Waals surface area contributed by atoms with Gasteiger partial charge in [-0.05, 0) is 88.2 Å². The molecule has 8 nitrogen and oxygen atoms in total. The molecular formula is C26H32N4O4S. The van der Waals surface area contributed by atoms with Gasteiger partial charge in [-0.2, -0.15) is 5.10 Å². The molecule has 0 unspecified atom stereocenters. The van der Waals surface area contributed by atoms with E-state index in [9.17, 15) is 13.2 Å². The third kappa shape index (κ3) is 6.51. The lowest BCUT2D eigenvalue weighted by Gasteiger charge is -2.21. The fourth-order valence-corrected chi connectivity index (χ4v) is 4.87. The van der Waals surface area contributed by atoms with Crippen molar-refractivity contribution in [2.45, 2.75) is 34.6 Å². The summed E-state index contributed by atoms with van der Waals surface area (Å²) in [6.45, 7) is 10.1. The van der Waals surface area contributed by atoms with Crippen LogP contribution in [0.1, 0.15) is 35.0 Å². The van der Waals surface area contributed by atoms with Crippen LogP contribution in [-0.2, 0) is 14.8 Å². The first-order valence-electron chi connectivity index (χ1n) is 11.3. The summed E-state index contributed by atoms with van der Waals surface area (Å²) in [5.41, 5.74) is 9.11. The van der Waals surface area contributed by atoms with Gasteiger partial charge in [0.1, 0.15) is 12.3 Å². The number of aryl methyl sites for hydroxylation is 3. The summed E-state index contributed by atoms with van der Waals surface area (Å²) in [5, 5.41) is 4.07. The van der Waals surface area contributed by atoms with Crippen molar-refractivity contribution in [1.82, 2.24) is 9.99 Å². The van der Waals surface area contributed by atoms with Crippen LogP contribution in [0.3, 0.4) is 0 Å². The van der Waals surface area contributed by atoms with E-state index in [2.05, 4.69) is 47.1 Å². The molecule has 1 heterocycles. The number of aromatic nitrogens is 1. The number of amides is 1. The Morgan fingerprint density at radius 1 is 1.06 bits per heavy atom. The van der Waals surface area contributed by atoms with Crippen LogP contribution in [0, 0.1) is 27.7 Å². The number of benzene rings is 2. The van der Waals surface area contributed by atoms with Crippen molar-refractivity contribution in [3.05, 3.63) is 76.6 Å². The van der Waals surface area contributed by atoms with Gasteiger partial charge in [-0.25, -0.2) is 13.8 Å². The highest BCUT2D eigenvalue weighted by Crippen LogP contribution is 2.23. The molecule has 1 amide bonds. The first kappa shape index (κ1) is 26.0. The van der Waals surface area contributed by atoms with Gasteiger partial charge in [0.2, 0.25) is 10.0 Å². The Hall–Kier alpha value is -3.59. The molecule has 0 aliphatic carbocycles. The van der Waals surface area contributed by atoms with E-state index in [4.69, 9.17) is 4.74 Å². The Morgan fingerprint density at radius 2 is 1.69 bits per heavy atom. The number of nitrogens with one attached hydrogen (secondary N) is 1. The molecule has 3 aromatic rings. The molecule has 1 N–H and O–H groups in total. The predicted octanol–water partition coefficient (Wildman–Crippen LogP) is 4.03. The second kappa shape index (κ2) is 10.8. The fourth-order valence-electron chi connectivity index (χ4n) is 4.01. The van der Waals surface area contributed by atoms with E-state index in [1.165, 1.54) is 11.1 Å². The van der Waals surface area contributed by atoms with Crippen LogP contribution in [0.25, 0.3) is 5.69 Å². The van der Waals surface area contributed by atoms with E-state index >= 15 is 0 Å². The highest BCUT2D eigenvalue weighted by atomic mass is 32.2. The minimum absolute atomic E-state index is 0.368. The van der Waals surface area contributed by atoms with Crippen molar-refractivity contribution < 1.29 is 17.9 Å². The molecule has 1 aromatic heterocycles. The van der Waals surface area contributed by atoms with Crippen LogP contribution in [0.5, 0.6) is 5.75 Å².